The highest BCUT2D eigenvalue weighted by molar-refractivity contribution is 6.33. The minimum Gasteiger partial charge on any atom is -0.324 e. The van der Waals surface area contributed by atoms with Gasteiger partial charge in [-0.05, 0) is 81.7 Å². The van der Waals surface area contributed by atoms with Crippen molar-refractivity contribution < 1.29 is 13.2 Å². The monoisotopic (exact) mass is 619 g/mol. The minimum absolute atomic E-state index is 0.0649. The summed E-state index contributed by atoms with van der Waals surface area (Å²) in [5.74, 6) is -0.317. The van der Waals surface area contributed by atoms with E-state index in [1.807, 2.05) is 19.1 Å². The second-order valence-electron chi connectivity index (χ2n) is 10.9. The van der Waals surface area contributed by atoms with E-state index in [0.717, 1.165) is 37.8 Å². The number of rotatable bonds is 6. The van der Waals surface area contributed by atoms with Crippen LogP contribution < -0.4 is 10.9 Å². The first kappa shape index (κ1) is 29.7. The molecular weight excluding hydrogens is 591 g/mol. The van der Waals surface area contributed by atoms with E-state index in [-0.39, 0.29) is 16.3 Å². The highest BCUT2D eigenvalue weighted by Gasteiger charge is 2.34. The number of fused-ring (bicyclic) bond motifs is 1. The molecule has 1 saturated heterocycles. The van der Waals surface area contributed by atoms with Crippen molar-refractivity contribution in [3.05, 3.63) is 93.8 Å². The lowest BCUT2D eigenvalue weighted by atomic mass is 9.89. The molecule has 0 atom stereocenters. The van der Waals surface area contributed by atoms with Crippen LogP contribution in [0.1, 0.15) is 37.1 Å². The Balaban J connectivity index is 1.28. The molecule has 5 aromatic rings. The van der Waals surface area contributed by atoms with Crippen LogP contribution in [-0.2, 0) is 12.7 Å². The van der Waals surface area contributed by atoms with Gasteiger partial charge in [-0.2, -0.15) is 18.2 Å². The third-order valence-corrected chi connectivity index (χ3v) is 8.28. The SMILES string of the molecule is CCn1c(=O)c(-c2ccc(-c3ccnc(C(F)(F)F)n3)cc2Cl)cc2cnc(Nc3ccc(C4CCN(C)CC4)cc3)nc21. The average molecular weight is 620 g/mol. The molecule has 0 radical (unpaired) electrons. The highest BCUT2D eigenvalue weighted by atomic mass is 35.5. The first-order chi connectivity index (χ1) is 21.1. The summed E-state index contributed by atoms with van der Waals surface area (Å²) in [5.41, 5.74) is 3.52. The number of aromatic nitrogens is 5. The number of hydrogen-bond donors (Lipinski definition) is 1. The van der Waals surface area contributed by atoms with Crippen molar-refractivity contribution in [2.45, 2.75) is 38.4 Å². The number of pyridine rings is 1. The maximum Gasteiger partial charge on any atom is 0.451 e. The van der Waals surface area contributed by atoms with Gasteiger partial charge >= 0.3 is 6.18 Å². The second-order valence-corrected chi connectivity index (χ2v) is 11.3. The Morgan fingerprint density at radius 2 is 1.73 bits per heavy atom. The molecule has 1 N–H and O–H groups in total. The molecule has 1 aliphatic heterocycles. The van der Waals surface area contributed by atoms with Gasteiger partial charge in [0.2, 0.25) is 11.8 Å². The van der Waals surface area contributed by atoms with E-state index >= 15 is 0 Å². The van der Waals surface area contributed by atoms with Gasteiger partial charge in [0.15, 0.2) is 0 Å². The smallest absolute Gasteiger partial charge is 0.324 e. The van der Waals surface area contributed by atoms with Gasteiger partial charge in [-0.15, -0.1) is 0 Å². The molecule has 6 rings (SSSR count). The van der Waals surface area contributed by atoms with Crippen molar-refractivity contribution in [3.8, 4) is 22.4 Å². The van der Waals surface area contributed by atoms with Crippen LogP contribution in [0.4, 0.5) is 24.8 Å². The zero-order valence-corrected chi connectivity index (χ0v) is 24.8. The van der Waals surface area contributed by atoms with Crippen molar-refractivity contribution >= 4 is 34.3 Å². The summed E-state index contributed by atoms with van der Waals surface area (Å²) in [6, 6.07) is 16.0. The molecule has 1 fully saturated rings. The van der Waals surface area contributed by atoms with Crippen molar-refractivity contribution in [1.29, 1.82) is 0 Å². The Morgan fingerprint density at radius 1 is 0.977 bits per heavy atom. The Hall–Kier alpha value is -4.35. The van der Waals surface area contributed by atoms with Crippen LogP contribution in [0.5, 0.6) is 0 Å². The van der Waals surface area contributed by atoms with Gasteiger partial charge in [-0.3, -0.25) is 9.36 Å². The average Bonchev–Trinajstić information content (AvgIpc) is 3.01. The number of hydrogen-bond acceptors (Lipinski definition) is 7. The molecular formula is C32H29ClF3N7O. The molecule has 0 saturated carbocycles. The Kier molecular flexibility index (Phi) is 8.08. The van der Waals surface area contributed by atoms with Crippen LogP contribution in [0.25, 0.3) is 33.4 Å². The number of nitrogens with zero attached hydrogens (tertiary/aromatic N) is 6. The Morgan fingerprint density at radius 3 is 2.41 bits per heavy atom. The highest BCUT2D eigenvalue weighted by Crippen LogP contribution is 2.33. The van der Waals surface area contributed by atoms with E-state index < -0.39 is 12.0 Å². The summed E-state index contributed by atoms with van der Waals surface area (Å²) in [5, 5.41) is 4.07. The van der Waals surface area contributed by atoms with Crippen LogP contribution >= 0.6 is 11.6 Å². The van der Waals surface area contributed by atoms with Gasteiger partial charge in [0, 0.05) is 51.7 Å². The fourth-order valence-electron chi connectivity index (χ4n) is 5.56. The number of halogens is 4. The summed E-state index contributed by atoms with van der Waals surface area (Å²) < 4.78 is 40.9. The van der Waals surface area contributed by atoms with Gasteiger partial charge < -0.3 is 10.2 Å². The van der Waals surface area contributed by atoms with Crippen LogP contribution in [0.3, 0.4) is 0 Å². The van der Waals surface area contributed by atoms with Crippen molar-refractivity contribution in [3.63, 3.8) is 0 Å². The summed E-state index contributed by atoms with van der Waals surface area (Å²) in [7, 11) is 2.15. The van der Waals surface area contributed by atoms with Crippen LogP contribution in [0.15, 0.2) is 71.8 Å². The van der Waals surface area contributed by atoms with E-state index in [1.165, 1.54) is 17.7 Å². The summed E-state index contributed by atoms with van der Waals surface area (Å²) >= 11 is 6.59. The number of alkyl halides is 3. The van der Waals surface area contributed by atoms with Crippen molar-refractivity contribution in [1.82, 2.24) is 29.4 Å². The van der Waals surface area contributed by atoms with Gasteiger partial charge in [0.1, 0.15) is 5.65 Å². The van der Waals surface area contributed by atoms with E-state index in [4.69, 9.17) is 11.6 Å². The molecule has 12 heteroatoms. The standard InChI is InChI=1S/C32H29ClF3N7O/c1-3-43-28-22(18-38-31(41-28)39-23-7-4-19(5-8-23)20-11-14-42(2)15-12-20)16-25(29(43)44)24-9-6-21(17-26(24)33)27-10-13-37-30(40-27)32(34,35)36/h4-10,13,16-18,20H,3,11-12,14-15H2,1-2H3,(H,38,39,41). The third-order valence-electron chi connectivity index (χ3n) is 7.96. The summed E-state index contributed by atoms with van der Waals surface area (Å²) in [4.78, 5) is 32.1. The fraction of sp³-hybridized carbons (Fsp3) is 0.281. The first-order valence-electron chi connectivity index (χ1n) is 14.3. The van der Waals surface area contributed by atoms with E-state index in [9.17, 15) is 18.0 Å². The maximum absolute atomic E-state index is 13.6. The lowest BCUT2D eigenvalue weighted by Crippen LogP contribution is -2.29. The maximum atomic E-state index is 13.6. The molecule has 4 heterocycles. The quantitative estimate of drug-likeness (QED) is 0.216. The zero-order valence-electron chi connectivity index (χ0n) is 24.1. The lowest BCUT2D eigenvalue weighted by Gasteiger charge is -2.29. The predicted octanol–water partition coefficient (Wildman–Crippen LogP) is 7.16. The molecule has 0 aliphatic carbocycles. The fourth-order valence-corrected chi connectivity index (χ4v) is 5.85. The molecule has 44 heavy (non-hydrogen) atoms. The van der Waals surface area contributed by atoms with E-state index in [0.29, 0.717) is 46.1 Å². The van der Waals surface area contributed by atoms with E-state index in [2.05, 4.69) is 49.3 Å². The topological polar surface area (TPSA) is 88.8 Å². The van der Waals surface area contributed by atoms with Crippen molar-refractivity contribution in [2.24, 2.45) is 0 Å². The summed E-state index contributed by atoms with van der Waals surface area (Å²) in [6.07, 6.45) is 0.311. The zero-order chi connectivity index (χ0) is 31.0. The number of benzene rings is 2. The number of anilines is 2. The molecule has 1 aliphatic rings. The van der Waals surface area contributed by atoms with Gasteiger partial charge in [0.05, 0.1) is 5.69 Å². The number of likely N-dealkylation sites (tertiary alicyclic amines) is 1. The third kappa shape index (κ3) is 6.02. The first-order valence-corrected chi connectivity index (χ1v) is 14.6. The largest absolute Gasteiger partial charge is 0.451 e. The van der Waals surface area contributed by atoms with Crippen LogP contribution in [0.2, 0.25) is 5.02 Å². The molecule has 3 aromatic heterocycles. The Bertz CT molecular complexity index is 1880. The van der Waals surface area contributed by atoms with E-state index in [1.54, 1.807) is 29.0 Å². The van der Waals surface area contributed by atoms with Crippen molar-refractivity contribution in [2.75, 3.05) is 25.5 Å². The van der Waals surface area contributed by atoms with Gasteiger partial charge in [0.25, 0.3) is 5.56 Å². The number of aryl methyl sites for hydroxylation is 1. The molecule has 8 nitrogen and oxygen atoms in total. The molecule has 0 spiro atoms. The molecule has 0 amide bonds. The Labute approximate surface area is 256 Å². The number of piperidine rings is 1. The van der Waals surface area contributed by atoms with Gasteiger partial charge in [-0.25, -0.2) is 15.0 Å². The second kappa shape index (κ2) is 12.0. The number of nitrogens with one attached hydrogen (secondary N) is 1. The molecule has 0 bridgehead atoms. The normalized spacial score (nSPS) is 14.7. The van der Waals surface area contributed by atoms with Crippen LogP contribution in [0, 0.1) is 0 Å². The molecule has 2 aromatic carbocycles. The molecule has 226 valence electrons. The lowest BCUT2D eigenvalue weighted by molar-refractivity contribution is -0.144. The summed E-state index contributed by atoms with van der Waals surface area (Å²) in [6.45, 7) is 4.40. The van der Waals surface area contributed by atoms with Crippen LogP contribution in [-0.4, -0.2) is 49.5 Å². The molecule has 0 unspecified atom stereocenters. The predicted molar refractivity (Wildman–Crippen MR) is 165 cm³/mol. The van der Waals surface area contributed by atoms with Gasteiger partial charge in [-0.1, -0.05) is 35.9 Å². The minimum atomic E-state index is -4.68.